The predicted molar refractivity (Wildman–Crippen MR) is 155 cm³/mol. The van der Waals surface area contributed by atoms with Crippen LogP contribution in [0.3, 0.4) is 0 Å². The van der Waals surface area contributed by atoms with Crippen molar-refractivity contribution in [2.24, 2.45) is 0 Å². The standard InChI is InChI=1S/C35H26N2/c1-35(2)30-14-8-6-12-26(30)27-17-16-25(21-31(27)35)37-32-15-9-7-13-28(32)29-20-23-18-19-36(33(23)22-34(29)37)24-10-4-3-5-11-24/h3-22H,1-2H3. The second kappa shape index (κ2) is 7.24. The summed E-state index contributed by atoms with van der Waals surface area (Å²) in [4.78, 5) is 0. The van der Waals surface area contributed by atoms with E-state index in [2.05, 4.69) is 144 Å². The summed E-state index contributed by atoms with van der Waals surface area (Å²) in [7, 11) is 0. The van der Waals surface area contributed by atoms with Gasteiger partial charge in [-0.25, -0.2) is 0 Å². The van der Waals surface area contributed by atoms with Crippen LogP contribution in [0.5, 0.6) is 0 Å². The van der Waals surface area contributed by atoms with E-state index in [1.165, 1.54) is 66.3 Å². The van der Waals surface area contributed by atoms with E-state index >= 15 is 0 Å². The van der Waals surface area contributed by atoms with Crippen LogP contribution >= 0.6 is 0 Å². The van der Waals surface area contributed by atoms with Crippen molar-refractivity contribution >= 4 is 32.7 Å². The average Bonchev–Trinajstić information content (AvgIpc) is 3.57. The second-order valence-corrected chi connectivity index (χ2v) is 10.7. The minimum Gasteiger partial charge on any atom is -0.316 e. The molecule has 0 unspecified atom stereocenters. The average molecular weight is 475 g/mol. The number of hydrogen-bond acceptors (Lipinski definition) is 0. The normalized spacial score (nSPS) is 13.9. The van der Waals surface area contributed by atoms with Gasteiger partial charge in [0, 0.05) is 39.1 Å². The molecule has 176 valence electrons. The van der Waals surface area contributed by atoms with E-state index in [0.717, 1.165) is 0 Å². The first-order chi connectivity index (χ1) is 18.1. The first-order valence-corrected chi connectivity index (χ1v) is 13.0. The molecule has 8 rings (SSSR count). The van der Waals surface area contributed by atoms with Gasteiger partial charge < -0.3 is 9.13 Å². The van der Waals surface area contributed by atoms with Crippen molar-refractivity contribution in [1.82, 2.24) is 9.13 Å². The molecule has 0 bridgehead atoms. The highest BCUT2D eigenvalue weighted by Gasteiger charge is 2.35. The van der Waals surface area contributed by atoms with Gasteiger partial charge in [0.05, 0.1) is 16.6 Å². The summed E-state index contributed by atoms with van der Waals surface area (Å²) in [6.45, 7) is 4.70. The first-order valence-electron chi connectivity index (χ1n) is 13.0. The molecule has 7 aromatic rings. The number of aromatic nitrogens is 2. The zero-order valence-electron chi connectivity index (χ0n) is 20.9. The van der Waals surface area contributed by atoms with Crippen LogP contribution in [-0.4, -0.2) is 9.13 Å². The Bertz CT molecular complexity index is 2000. The summed E-state index contributed by atoms with van der Waals surface area (Å²) in [5.74, 6) is 0. The molecule has 0 fully saturated rings. The molecule has 2 aromatic heterocycles. The number of benzene rings is 5. The Labute approximate surface area is 216 Å². The molecule has 37 heavy (non-hydrogen) atoms. The van der Waals surface area contributed by atoms with Crippen LogP contribution in [-0.2, 0) is 5.41 Å². The summed E-state index contributed by atoms with van der Waals surface area (Å²) >= 11 is 0. The van der Waals surface area contributed by atoms with Gasteiger partial charge in [-0.3, -0.25) is 0 Å². The molecule has 0 radical (unpaired) electrons. The molecule has 5 aromatic carbocycles. The molecule has 0 atom stereocenters. The maximum Gasteiger partial charge on any atom is 0.0562 e. The van der Waals surface area contributed by atoms with Gasteiger partial charge in [0.25, 0.3) is 0 Å². The largest absolute Gasteiger partial charge is 0.316 e. The smallest absolute Gasteiger partial charge is 0.0562 e. The van der Waals surface area contributed by atoms with E-state index in [0.29, 0.717) is 0 Å². The second-order valence-electron chi connectivity index (χ2n) is 10.7. The highest BCUT2D eigenvalue weighted by atomic mass is 15.0. The summed E-state index contributed by atoms with van der Waals surface area (Å²) in [6, 6.07) is 42.2. The van der Waals surface area contributed by atoms with Gasteiger partial charge in [-0.15, -0.1) is 0 Å². The lowest BCUT2D eigenvalue weighted by molar-refractivity contribution is 0.660. The fraction of sp³-hybridized carbons (Fsp3) is 0.0857. The van der Waals surface area contributed by atoms with Gasteiger partial charge in [-0.2, -0.15) is 0 Å². The summed E-state index contributed by atoms with van der Waals surface area (Å²) in [5.41, 5.74) is 11.6. The zero-order chi connectivity index (χ0) is 24.7. The van der Waals surface area contributed by atoms with E-state index in [1.54, 1.807) is 0 Å². The Balaban J connectivity index is 1.43. The molecule has 0 amide bonds. The quantitative estimate of drug-likeness (QED) is 0.236. The topological polar surface area (TPSA) is 9.86 Å². The van der Waals surface area contributed by atoms with Crippen molar-refractivity contribution in [2.75, 3.05) is 0 Å². The molecule has 2 heterocycles. The van der Waals surface area contributed by atoms with Crippen LogP contribution in [0.4, 0.5) is 0 Å². The number of para-hydroxylation sites is 2. The number of rotatable bonds is 2. The summed E-state index contributed by atoms with van der Waals surface area (Å²) in [6.07, 6.45) is 2.18. The minimum absolute atomic E-state index is 0.0318. The minimum atomic E-state index is -0.0318. The zero-order valence-corrected chi connectivity index (χ0v) is 20.9. The highest BCUT2D eigenvalue weighted by Crippen LogP contribution is 2.49. The van der Waals surface area contributed by atoms with Crippen LogP contribution in [0.1, 0.15) is 25.0 Å². The van der Waals surface area contributed by atoms with Crippen LogP contribution < -0.4 is 0 Å². The molecular formula is C35H26N2. The number of fused-ring (bicyclic) bond motifs is 7. The van der Waals surface area contributed by atoms with Crippen LogP contribution in [0.2, 0.25) is 0 Å². The molecule has 0 N–H and O–H groups in total. The van der Waals surface area contributed by atoms with Crippen LogP contribution in [0.15, 0.2) is 121 Å². The van der Waals surface area contributed by atoms with E-state index in [-0.39, 0.29) is 5.41 Å². The Morgan fingerprint density at radius 2 is 1.27 bits per heavy atom. The summed E-state index contributed by atoms with van der Waals surface area (Å²) < 4.78 is 4.74. The van der Waals surface area contributed by atoms with Gasteiger partial charge in [0.2, 0.25) is 0 Å². The van der Waals surface area contributed by atoms with Crippen molar-refractivity contribution in [2.45, 2.75) is 19.3 Å². The molecular weight excluding hydrogens is 448 g/mol. The maximum atomic E-state index is 2.45. The van der Waals surface area contributed by atoms with Gasteiger partial charge in [0.1, 0.15) is 0 Å². The molecule has 1 aliphatic rings. The van der Waals surface area contributed by atoms with Crippen molar-refractivity contribution in [3.63, 3.8) is 0 Å². The fourth-order valence-corrected chi connectivity index (χ4v) is 6.52. The van der Waals surface area contributed by atoms with Crippen molar-refractivity contribution in [1.29, 1.82) is 0 Å². The molecule has 2 heteroatoms. The predicted octanol–water partition coefficient (Wildman–Crippen LogP) is 9.03. The third-order valence-electron chi connectivity index (χ3n) is 8.34. The lowest BCUT2D eigenvalue weighted by atomic mass is 9.82. The molecule has 0 saturated carbocycles. The molecule has 0 aliphatic heterocycles. The molecule has 2 nitrogen and oxygen atoms in total. The lowest BCUT2D eigenvalue weighted by Crippen LogP contribution is -2.15. The van der Waals surface area contributed by atoms with Crippen LogP contribution in [0, 0.1) is 0 Å². The fourth-order valence-electron chi connectivity index (χ4n) is 6.52. The van der Waals surface area contributed by atoms with Crippen molar-refractivity contribution in [3.05, 3.63) is 133 Å². The van der Waals surface area contributed by atoms with Gasteiger partial charge in [-0.05, 0) is 70.8 Å². The molecule has 0 saturated heterocycles. The first kappa shape index (κ1) is 20.6. The van der Waals surface area contributed by atoms with Crippen molar-refractivity contribution < 1.29 is 0 Å². The Hall–Kier alpha value is -4.56. The van der Waals surface area contributed by atoms with Gasteiger partial charge >= 0.3 is 0 Å². The maximum absolute atomic E-state index is 2.45. The molecule has 1 aliphatic carbocycles. The monoisotopic (exact) mass is 474 g/mol. The number of nitrogens with zero attached hydrogens (tertiary/aromatic N) is 2. The highest BCUT2D eigenvalue weighted by molar-refractivity contribution is 6.13. The SMILES string of the molecule is CC1(C)c2ccccc2-c2ccc(-n3c4ccccc4c4cc5ccn(-c6ccccc6)c5cc43)cc21. The third-order valence-corrected chi connectivity index (χ3v) is 8.34. The summed E-state index contributed by atoms with van der Waals surface area (Å²) in [5, 5.41) is 3.83. The Morgan fingerprint density at radius 3 is 2.16 bits per heavy atom. The Morgan fingerprint density at radius 1 is 0.514 bits per heavy atom. The van der Waals surface area contributed by atoms with Crippen molar-refractivity contribution in [3.8, 4) is 22.5 Å². The lowest BCUT2D eigenvalue weighted by Gasteiger charge is -2.22. The third kappa shape index (κ3) is 2.76. The van der Waals surface area contributed by atoms with E-state index < -0.39 is 0 Å². The van der Waals surface area contributed by atoms with Gasteiger partial charge in [0.15, 0.2) is 0 Å². The number of hydrogen-bond donors (Lipinski definition) is 0. The molecule has 0 spiro atoms. The van der Waals surface area contributed by atoms with Gasteiger partial charge in [-0.1, -0.05) is 80.6 Å². The van der Waals surface area contributed by atoms with Crippen LogP contribution in [0.25, 0.3) is 55.2 Å². The Kier molecular flexibility index (Phi) is 4.03. The van der Waals surface area contributed by atoms with E-state index in [1.807, 2.05) is 0 Å². The van der Waals surface area contributed by atoms with E-state index in [4.69, 9.17) is 0 Å². The van der Waals surface area contributed by atoms with E-state index in [9.17, 15) is 0 Å².